The molecule has 2 aliphatic rings. The molecular weight excluding hydrogens is 352 g/mol. The molecule has 25 heavy (non-hydrogen) atoms. The maximum absolute atomic E-state index is 12.4. The molecule has 0 radical (unpaired) electrons. The number of ether oxygens (including phenoxy) is 1. The second kappa shape index (κ2) is 6.90. The summed E-state index contributed by atoms with van der Waals surface area (Å²) < 4.78 is 5.40. The Bertz CT molecular complexity index is 659. The maximum atomic E-state index is 12.4. The molecule has 10 heteroatoms. The second-order valence-corrected chi connectivity index (χ2v) is 7.06. The summed E-state index contributed by atoms with van der Waals surface area (Å²) in [6.45, 7) is -0.651. The number of hydrogen-bond acceptors (Lipinski definition) is 8. The van der Waals surface area contributed by atoms with Crippen LogP contribution in [0.1, 0.15) is 10.4 Å². The van der Waals surface area contributed by atoms with E-state index in [0.717, 1.165) is 11.8 Å². The number of aliphatic hydroxyl groups excluding tert-OH is 4. The van der Waals surface area contributed by atoms with Gasteiger partial charge in [-0.15, -0.1) is 0 Å². The van der Waals surface area contributed by atoms with Crippen molar-refractivity contribution < 1.29 is 34.8 Å². The molecule has 136 valence electrons. The van der Waals surface area contributed by atoms with Gasteiger partial charge in [-0.05, 0) is 12.1 Å². The molecule has 0 bridgehead atoms. The zero-order valence-electron chi connectivity index (χ0n) is 12.9. The predicted molar refractivity (Wildman–Crippen MR) is 86.1 cm³/mol. The molecule has 2 saturated heterocycles. The number of carbonyl (C=O) groups is 2. The number of benzene rings is 1. The lowest BCUT2D eigenvalue weighted by molar-refractivity contribution is -0.236. The van der Waals surface area contributed by atoms with Gasteiger partial charge in [-0.1, -0.05) is 30.0 Å². The fraction of sp³-hybridized carbons (Fsp3) is 0.467. The van der Waals surface area contributed by atoms with E-state index in [2.05, 4.69) is 10.6 Å². The van der Waals surface area contributed by atoms with E-state index in [1.54, 1.807) is 30.3 Å². The Hall–Kier alpha value is -1.69. The van der Waals surface area contributed by atoms with Gasteiger partial charge in [-0.2, -0.15) is 0 Å². The van der Waals surface area contributed by atoms with Crippen LogP contribution in [-0.4, -0.2) is 73.7 Å². The highest BCUT2D eigenvalue weighted by molar-refractivity contribution is 8.02. The Morgan fingerprint density at radius 1 is 1.24 bits per heavy atom. The highest BCUT2D eigenvalue weighted by atomic mass is 32.2. The molecule has 0 aliphatic carbocycles. The zero-order valence-corrected chi connectivity index (χ0v) is 13.7. The van der Waals surface area contributed by atoms with Crippen LogP contribution in [-0.2, 0) is 9.53 Å². The van der Waals surface area contributed by atoms with E-state index in [4.69, 9.17) is 4.74 Å². The maximum Gasteiger partial charge on any atom is 0.268 e. The molecule has 9 nitrogen and oxygen atoms in total. The van der Waals surface area contributed by atoms with Gasteiger partial charge in [0.1, 0.15) is 24.4 Å². The van der Waals surface area contributed by atoms with Crippen LogP contribution in [0.25, 0.3) is 0 Å². The topological polar surface area (TPSA) is 148 Å². The van der Waals surface area contributed by atoms with E-state index in [9.17, 15) is 30.0 Å². The van der Waals surface area contributed by atoms with Crippen LogP contribution >= 0.6 is 11.8 Å². The summed E-state index contributed by atoms with van der Waals surface area (Å²) in [5, 5.41) is 44.3. The Morgan fingerprint density at radius 2 is 1.92 bits per heavy atom. The number of rotatable bonds is 3. The van der Waals surface area contributed by atoms with Crippen LogP contribution < -0.4 is 10.6 Å². The van der Waals surface area contributed by atoms with Crippen molar-refractivity contribution in [3.8, 4) is 0 Å². The third-order valence-electron chi connectivity index (χ3n) is 4.12. The molecule has 1 spiro atoms. The fourth-order valence-corrected chi connectivity index (χ4v) is 4.07. The average molecular weight is 370 g/mol. The molecule has 2 fully saturated rings. The number of nitrogens with one attached hydrogen (secondary N) is 2. The molecule has 2 heterocycles. The molecule has 2 amide bonds. The standard InChI is InChI=1S/C15H18N2O7S/c18-6-8-9(19)10(20)11(21)15(24-8)13(23)17-14(25-15)16-12(22)7-4-2-1-3-5-7/h1-5,8-11,14,18-21H,6H2,(H,16,22)(H,17,23)/t8-,9-,10+,11-,14?,15-/m1/s1. The molecule has 1 aromatic rings. The second-order valence-electron chi connectivity index (χ2n) is 5.74. The van der Waals surface area contributed by atoms with Gasteiger partial charge in [0, 0.05) is 5.56 Å². The lowest BCUT2D eigenvalue weighted by Crippen LogP contribution is -2.66. The molecule has 0 saturated carbocycles. The molecule has 6 N–H and O–H groups in total. The van der Waals surface area contributed by atoms with Crippen molar-refractivity contribution >= 4 is 23.6 Å². The number of aliphatic hydroxyl groups is 4. The molecule has 6 atom stereocenters. The number of carbonyl (C=O) groups excluding carboxylic acids is 2. The van der Waals surface area contributed by atoms with Crippen molar-refractivity contribution in [3.05, 3.63) is 35.9 Å². The van der Waals surface area contributed by atoms with Gasteiger partial charge >= 0.3 is 0 Å². The van der Waals surface area contributed by atoms with E-state index in [1.807, 2.05) is 0 Å². The summed E-state index contributed by atoms with van der Waals surface area (Å²) in [6.07, 6.45) is -6.22. The zero-order chi connectivity index (χ0) is 18.2. The third kappa shape index (κ3) is 3.12. The normalized spacial score (nSPS) is 37.8. The van der Waals surface area contributed by atoms with Crippen LogP contribution in [0.3, 0.4) is 0 Å². The monoisotopic (exact) mass is 370 g/mol. The first kappa shape index (κ1) is 18.1. The number of hydrogen-bond donors (Lipinski definition) is 6. The first-order valence-corrected chi connectivity index (χ1v) is 8.44. The van der Waals surface area contributed by atoms with Crippen molar-refractivity contribution in [1.29, 1.82) is 0 Å². The molecule has 3 rings (SSSR count). The first-order valence-electron chi connectivity index (χ1n) is 7.56. The molecular formula is C15H18N2O7S. The minimum atomic E-state index is -1.94. The van der Waals surface area contributed by atoms with Gasteiger partial charge in [0.25, 0.3) is 11.8 Å². The van der Waals surface area contributed by atoms with Crippen LogP contribution in [0.15, 0.2) is 30.3 Å². The lowest BCUT2D eigenvalue weighted by Gasteiger charge is -2.44. The van der Waals surface area contributed by atoms with Gasteiger partial charge in [0.15, 0.2) is 5.50 Å². The van der Waals surface area contributed by atoms with Crippen LogP contribution in [0.2, 0.25) is 0 Å². The Labute approximate surface area is 147 Å². The SMILES string of the molecule is O=C(NC1NC(=O)[C@]2(O[C@H](CO)[C@@H](O)[C@H](O)[C@H]2O)S1)c1ccccc1. The van der Waals surface area contributed by atoms with Gasteiger partial charge in [-0.25, -0.2) is 0 Å². The summed E-state index contributed by atoms with van der Waals surface area (Å²) in [6, 6.07) is 8.33. The summed E-state index contributed by atoms with van der Waals surface area (Å²) in [4.78, 5) is 22.6. The summed E-state index contributed by atoms with van der Waals surface area (Å²) in [5.74, 6) is -1.21. The minimum Gasteiger partial charge on any atom is -0.394 e. The van der Waals surface area contributed by atoms with Crippen molar-refractivity contribution in [2.24, 2.45) is 0 Å². The highest BCUT2D eigenvalue weighted by Crippen LogP contribution is 2.44. The lowest BCUT2D eigenvalue weighted by atomic mass is 9.94. The Morgan fingerprint density at radius 3 is 2.56 bits per heavy atom. The molecule has 2 aliphatic heterocycles. The fourth-order valence-electron chi connectivity index (χ4n) is 2.76. The predicted octanol–water partition coefficient (Wildman–Crippen LogP) is -2.27. The van der Waals surface area contributed by atoms with E-state index in [1.165, 1.54) is 0 Å². The average Bonchev–Trinajstić information content (AvgIpc) is 2.93. The van der Waals surface area contributed by atoms with Crippen LogP contribution in [0.5, 0.6) is 0 Å². The Balaban J connectivity index is 1.76. The minimum absolute atomic E-state index is 0.382. The van der Waals surface area contributed by atoms with Gasteiger partial charge in [0.2, 0.25) is 4.93 Å². The third-order valence-corrected chi connectivity index (χ3v) is 5.46. The first-order chi connectivity index (χ1) is 11.9. The number of amides is 2. The quantitative estimate of drug-likeness (QED) is 0.349. The van der Waals surface area contributed by atoms with E-state index in [-0.39, 0.29) is 0 Å². The molecule has 1 unspecified atom stereocenters. The van der Waals surface area contributed by atoms with Crippen LogP contribution in [0.4, 0.5) is 0 Å². The Kier molecular flexibility index (Phi) is 5.00. The largest absolute Gasteiger partial charge is 0.394 e. The van der Waals surface area contributed by atoms with E-state index < -0.39 is 53.3 Å². The van der Waals surface area contributed by atoms with Crippen molar-refractivity contribution in [2.75, 3.05) is 6.61 Å². The van der Waals surface area contributed by atoms with Gasteiger partial charge < -0.3 is 35.8 Å². The van der Waals surface area contributed by atoms with Crippen molar-refractivity contribution in [2.45, 2.75) is 34.8 Å². The van der Waals surface area contributed by atoms with E-state index >= 15 is 0 Å². The summed E-state index contributed by atoms with van der Waals surface area (Å²) >= 11 is 0.751. The van der Waals surface area contributed by atoms with Gasteiger partial charge in [0.05, 0.1) is 6.61 Å². The van der Waals surface area contributed by atoms with Gasteiger partial charge in [-0.3, -0.25) is 9.59 Å². The van der Waals surface area contributed by atoms with Crippen molar-refractivity contribution in [1.82, 2.24) is 10.6 Å². The highest BCUT2D eigenvalue weighted by Gasteiger charge is 2.62. The van der Waals surface area contributed by atoms with Crippen LogP contribution in [0, 0.1) is 0 Å². The van der Waals surface area contributed by atoms with Crippen molar-refractivity contribution in [3.63, 3.8) is 0 Å². The summed E-state index contributed by atoms with van der Waals surface area (Å²) in [7, 11) is 0. The molecule has 0 aromatic heterocycles. The van der Waals surface area contributed by atoms with E-state index in [0.29, 0.717) is 5.56 Å². The smallest absolute Gasteiger partial charge is 0.268 e. The summed E-state index contributed by atoms with van der Waals surface area (Å²) in [5.41, 5.74) is -0.538. The molecule has 1 aromatic carbocycles. The number of thioether (sulfide) groups is 1.